The van der Waals surface area contributed by atoms with Gasteiger partial charge in [0.25, 0.3) is 0 Å². The molecule has 1 heterocycles. The Labute approximate surface area is 209 Å². The molecule has 0 saturated carbocycles. The Bertz CT molecular complexity index is 811. The first-order chi connectivity index (χ1) is 15.3. The number of anilines is 1. The second-order valence-corrected chi connectivity index (χ2v) is 7.80. The Balaban J connectivity index is 0.00000363. The molecule has 2 N–H and O–H groups in total. The van der Waals surface area contributed by atoms with Crippen LogP contribution in [0.25, 0.3) is 0 Å². The summed E-state index contributed by atoms with van der Waals surface area (Å²) >= 11 is 0. The van der Waals surface area contributed by atoms with Crippen LogP contribution in [0.2, 0.25) is 0 Å². The minimum atomic E-state index is 0. The molecule has 1 fully saturated rings. The van der Waals surface area contributed by atoms with E-state index in [1.807, 2.05) is 24.3 Å². The molecule has 0 aromatic heterocycles. The molecule has 3 rings (SSSR count). The number of rotatable bonds is 10. The van der Waals surface area contributed by atoms with Crippen LogP contribution in [0.1, 0.15) is 31.7 Å². The van der Waals surface area contributed by atoms with Gasteiger partial charge in [0.05, 0.1) is 13.2 Å². The van der Waals surface area contributed by atoms with Gasteiger partial charge in [0, 0.05) is 57.1 Å². The van der Waals surface area contributed by atoms with Crippen LogP contribution in [-0.4, -0.2) is 52.6 Å². The van der Waals surface area contributed by atoms with Crippen LogP contribution in [0.3, 0.4) is 0 Å². The van der Waals surface area contributed by atoms with Crippen molar-refractivity contribution in [2.24, 2.45) is 4.99 Å². The minimum absolute atomic E-state index is 0. The van der Waals surface area contributed by atoms with Gasteiger partial charge >= 0.3 is 0 Å². The molecule has 0 amide bonds. The van der Waals surface area contributed by atoms with Crippen molar-refractivity contribution in [3.05, 3.63) is 60.2 Å². The predicted octanol–water partition coefficient (Wildman–Crippen LogP) is 4.85. The molecule has 32 heavy (non-hydrogen) atoms. The van der Waals surface area contributed by atoms with Crippen molar-refractivity contribution in [2.45, 2.75) is 31.6 Å². The van der Waals surface area contributed by atoms with Crippen molar-refractivity contribution in [3.63, 3.8) is 0 Å². The monoisotopic (exact) mass is 553 g/mol. The summed E-state index contributed by atoms with van der Waals surface area (Å²) in [5, 5.41) is 6.80. The Morgan fingerprint density at radius 3 is 2.56 bits per heavy atom. The number of nitrogens with one attached hydrogen (secondary N) is 2. The molecule has 0 unspecified atom stereocenters. The highest BCUT2D eigenvalue weighted by atomic mass is 127. The Morgan fingerprint density at radius 2 is 1.84 bits per heavy atom. The average Bonchev–Trinajstić information content (AvgIpc) is 2.82. The third kappa shape index (κ3) is 7.94. The fraction of sp³-hybridized carbons (Fsp3) is 0.480. The second kappa shape index (κ2) is 14.3. The molecule has 1 aliphatic rings. The summed E-state index contributed by atoms with van der Waals surface area (Å²) in [5.41, 5.74) is 2.29. The van der Waals surface area contributed by atoms with Gasteiger partial charge in [-0.3, -0.25) is 4.99 Å². The molecule has 0 atom stereocenters. The van der Waals surface area contributed by atoms with E-state index >= 15 is 0 Å². The maximum absolute atomic E-state index is 5.83. The highest BCUT2D eigenvalue weighted by molar-refractivity contribution is 14.0. The van der Waals surface area contributed by atoms with Crippen LogP contribution < -0.4 is 15.4 Å². The minimum Gasteiger partial charge on any atom is -0.493 e. The number of hydrogen-bond donors (Lipinski definition) is 2. The zero-order valence-corrected chi connectivity index (χ0v) is 21.5. The molecule has 0 radical (unpaired) electrons. The van der Waals surface area contributed by atoms with Gasteiger partial charge in [0.15, 0.2) is 5.96 Å². The lowest BCUT2D eigenvalue weighted by atomic mass is 9.74. The summed E-state index contributed by atoms with van der Waals surface area (Å²) < 4.78 is 16.6. The van der Waals surface area contributed by atoms with Crippen molar-refractivity contribution >= 4 is 35.6 Å². The van der Waals surface area contributed by atoms with Crippen LogP contribution in [0, 0.1) is 0 Å². The van der Waals surface area contributed by atoms with Crippen LogP contribution in [0.5, 0.6) is 5.75 Å². The first kappa shape index (κ1) is 26.4. The second-order valence-electron chi connectivity index (χ2n) is 7.80. The summed E-state index contributed by atoms with van der Waals surface area (Å²) in [6, 6.07) is 18.7. The highest BCUT2D eigenvalue weighted by Gasteiger charge is 2.34. The lowest BCUT2D eigenvalue weighted by Gasteiger charge is -2.36. The van der Waals surface area contributed by atoms with Gasteiger partial charge in [-0.2, -0.15) is 0 Å². The SMILES string of the molecule is CCNC(=NCC1(c2ccccc2)CCOCC1)Nc1cccc(OCCCOC)c1.I. The number of methoxy groups -OCH3 is 1. The van der Waals surface area contributed by atoms with Crippen LogP contribution in [0.4, 0.5) is 5.69 Å². The molecule has 1 aliphatic heterocycles. The molecule has 0 aliphatic carbocycles. The number of hydrogen-bond acceptors (Lipinski definition) is 4. The van der Waals surface area contributed by atoms with Gasteiger partial charge in [0.2, 0.25) is 0 Å². The Morgan fingerprint density at radius 1 is 1.06 bits per heavy atom. The van der Waals surface area contributed by atoms with Gasteiger partial charge in [-0.05, 0) is 37.5 Å². The quantitative estimate of drug-likeness (QED) is 0.191. The largest absolute Gasteiger partial charge is 0.493 e. The topological polar surface area (TPSA) is 64.1 Å². The molecule has 6 nitrogen and oxygen atoms in total. The van der Waals surface area contributed by atoms with E-state index in [2.05, 4.69) is 47.9 Å². The molecular weight excluding hydrogens is 517 g/mol. The highest BCUT2D eigenvalue weighted by Crippen LogP contribution is 2.35. The van der Waals surface area contributed by atoms with E-state index in [0.29, 0.717) is 19.8 Å². The van der Waals surface area contributed by atoms with Gasteiger partial charge < -0.3 is 24.8 Å². The zero-order valence-electron chi connectivity index (χ0n) is 19.1. The van der Waals surface area contributed by atoms with Crippen molar-refractivity contribution in [2.75, 3.05) is 51.9 Å². The maximum Gasteiger partial charge on any atom is 0.195 e. The zero-order chi connectivity index (χ0) is 21.8. The van der Waals surface area contributed by atoms with Crippen molar-refractivity contribution in [3.8, 4) is 5.75 Å². The predicted molar refractivity (Wildman–Crippen MR) is 142 cm³/mol. The molecule has 176 valence electrons. The summed E-state index contributed by atoms with van der Waals surface area (Å²) in [6.45, 7) is 6.46. The lowest BCUT2D eigenvalue weighted by Crippen LogP contribution is -2.39. The van der Waals surface area contributed by atoms with Gasteiger partial charge in [-0.25, -0.2) is 0 Å². The smallest absolute Gasteiger partial charge is 0.195 e. The van der Waals surface area contributed by atoms with Crippen molar-refractivity contribution in [1.29, 1.82) is 0 Å². The standard InChI is InChI=1S/C25H35N3O3.HI/c1-3-26-24(28-22-11-7-12-23(19-22)31-16-8-15-29-2)27-20-25(13-17-30-18-14-25)21-9-5-4-6-10-21;/h4-7,9-12,19H,3,8,13-18,20H2,1-2H3,(H2,26,27,28);1H. The number of benzene rings is 2. The number of guanidine groups is 1. The van der Waals surface area contributed by atoms with Crippen LogP contribution in [0.15, 0.2) is 59.6 Å². The molecule has 0 spiro atoms. The Kier molecular flexibility index (Phi) is 11.8. The molecule has 7 heteroatoms. The fourth-order valence-electron chi connectivity index (χ4n) is 3.82. The molecular formula is C25H36IN3O3. The number of aliphatic imine (C=N–C) groups is 1. The summed E-state index contributed by atoms with van der Waals surface area (Å²) in [5.74, 6) is 1.61. The van der Waals surface area contributed by atoms with Crippen LogP contribution >= 0.6 is 24.0 Å². The number of nitrogens with zero attached hydrogens (tertiary/aromatic N) is 1. The summed E-state index contributed by atoms with van der Waals surface area (Å²) in [4.78, 5) is 4.98. The van der Waals surface area contributed by atoms with Crippen molar-refractivity contribution < 1.29 is 14.2 Å². The maximum atomic E-state index is 5.83. The number of halogens is 1. The van der Waals surface area contributed by atoms with Gasteiger partial charge in [-0.15, -0.1) is 24.0 Å². The first-order valence-electron chi connectivity index (χ1n) is 11.2. The summed E-state index contributed by atoms with van der Waals surface area (Å²) in [6.07, 6.45) is 2.82. The van der Waals surface area contributed by atoms with E-state index < -0.39 is 0 Å². The molecule has 1 saturated heterocycles. The lowest BCUT2D eigenvalue weighted by molar-refractivity contribution is 0.0531. The van der Waals surface area contributed by atoms with E-state index in [4.69, 9.17) is 19.2 Å². The van der Waals surface area contributed by atoms with Gasteiger partial charge in [-0.1, -0.05) is 36.4 Å². The third-order valence-electron chi connectivity index (χ3n) is 5.58. The third-order valence-corrected chi connectivity index (χ3v) is 5.58. The average molecular weight is 553 g/mol. The van der Waals surface area contributed by atoms with E-state index in [-0.39, 0.29) is 29.4 Å². The molecule has 0 bridgehead atoms. The molecule has 2 aromatic rings. The van der Waals surface area contributed by atoms with Gasteiger partial charge in [0.1, 0.15) is 5.75 Å². The van der Waals surface area contributed by atoms with E-state index in [0.717, 1.165) is 56.4 Å². The molecule has 2 aromatic carbocycles. The summed E-state index contributed by atoms with van der Waals surface area (Å²) in [7, 11) is 1.70. The van der Waals surface area contributed by atoms with Crippen molar-refractivity contribution in [1.82, 2.24) is 5.32 Å². The Hall–Kier alpha value is -1.84. The van der Waals surface area contributed by atoms with E-state index in [1.165, 1.54) is 5.56 Å². The van der Waals surface area contributed by atoms with Crippen LogP contribution in [-0.2, 0) is 14.9 Å². The normalized spacial score (nSPS) is 15.5. The van der Waals surface area contributed by atoms with E-state index in [9.17, 15) is 0 Å². The first-order valence-corrected chi connectivity index (χ1v) is 11.2. The number of ether oxygens (including phenoxy) is 3. The fourth-order valence-corrected chi connectivity index (χ4v) is 3.82. The van der Waals surface area contributed by atoms with E-state index in [1.54, 1.807) is 7.11 Å².